The van der Waals surface area contributed by atoms with E-state index in [1.807, 2.05) is 42.5 Å². The van der Waals surface area contributed by atoms with Gasteiger partial charge in [0.25, 0.3) is 5.91 Å². The number of anilines is 2. The van der Waals surface area contributed by atoms with Crippen LogP contribution in [0.15, 0.2) is 103 Å². The monoisotopic (exact) mass is 472 g/mol. The van der Waals surface area contributed by atoms with Crippen molar-refractivity contribution in [2.24, 2.45) is 0 Å². The molecule has 0 fully saturated rings. The van der Waals surface area contributed by atoms with Crippen molar-refractivity contribution in [2.75, 3.05) is 10.2 Å². The number of halogens is 2. The molecule has 0 aliphatic carbocycles. The number of benzene rings is 4. The second-order valence-electron chi connectivity index (χ2n) is 7.79. The van der Waals surface area contributed by atoms with E-state index in [0.29, 0.717) is 21.8 Å². The van der Waals surface area contributed by atoms with Crippen molar-refractivity contribution in [3.63, 3.8) is 0 Å². The number of nitrogens with one attached hydrogen (secondary N) is 1. The van der Waals surface area contributed by atoms with Gasteiger partial charge >= 0.3 is 0 Å². The van der Waals surface area contributed by atoms with Crippen molar-refractivity contribution < 1.29 is 14.0 Å². The number of hydrogen-bond acceptors (Lipinski definition) is 2. The lowest BCUT2D eigenvalue weighted by Gasteiger charge is -2.23. The maximum atomic E-state index is 13.8. The Morgan fingerprint density at radius 1 is 0.794 bits per heavy atom. The van der Waals surface area contributed by atoms with Crippen molar-refractivity contribution in [3.05, 3.63) is 131 Å². The fourth-order valence-electron chi connectivity index (χ4n) is 3.55. The van der Waals surface area contributed by atoms with Gasteiger partial charge in [0.15, 0.2) is 0 Å². The molecule has 4 aromatic rings. The van der Waals surface area contributed by atoms with Crippen LogP contribution in [-0.4, -0.2) is 11.8 Å². The number of carbonyl (C=O) groups is 2. The number of nitrogens with zero attached hydrogens (tertiary/aromatic N) is 1. The van der Waals surface area contributed by atoms with E-state index in [9.17, 15) is 14.0 Å². The zero-order valence-electron chi connectivity index (χ0n) is 18.2. The second kappa shape index (κ2) is 10.8. The predicted molar refractivity (Wildman–Crippen MR) is 134 cm³/mol. The zero-order valence-corrected chi connectivity index (χ0v) is 19.0. The molecule has 1 N–H and O–H groups in total. The molecule has 0 unspecified atom stereocenters. The lowest BCUT2D eigenvalue weighted by atomic mass is 10.1. The molecule has 0 heterocycles. The lowest BCUT2D eigenvalue weighted by molar-refractivity contribution is -0.115. The summed E-state index contributed by atoms with van der Waals surface area (Å²) < 4.78 is 13.8. The third-order valence-corrected chi connectivity index (χ3v) is 5.49. The Hall–Kier alpha value is -3.96. The van der Waals surface area contributed by atoms with E-state index < -0.39 is 0 Å². The molecule has 0 aliphatic rings. The van der Waals surface area contributed by atoms with E-state index in [1.165, 1.54) is 12.1 Å². The molecule has 4 rings (SSSR count). The van der Waals surface area contributed by atoms with Crippen molar-refractivity contribution >= 4 is 34.8 Å². The molecule has 0 saturated heterocycles. The van der Waals surface area contributed by atoms with Gasteiger partial charge in [0.2, 0.25) is 5.91 Å². The first-order chi connectivity index (χ1) is 16.5. The van der Waals surface area contributed by atoms with Crippen molar-refractivity contribution in [2.45, 2.75) is 13.0 Å². The molecule has 4 nitrogen and oxygen atoms in total. The van der Waals surface area contributed by atoms with E-state index >= 15 is 0 Å². The summed E-state index contributed by atoms with van der Waals surface area (Å²) in [5, 5.41) is 3.39. The maximum absolute atomic E-state index is 13.8. The van der Waals surface area contributed by atoms with E-state index in [4.69, 9.17) is 11.6 Å². The first kappa shape index (κ1) is 23.2. The normalized spacial score (nSPS) is 10.5. The third kappa shape index (κ3) is 6.09. The zero-order chi connectivity index (χ0) is 23.9. The molecule has 0 bridgehead atoms. The van der Waals surface area contributed by atoms with E-state index in [2.05, 4.69) is 5.32 Å². The number of rotatable bonds is 7. The highest BCUT2D eigenvalue weighted by atomic mass is 35.5. The Labute approximate surface area is 202 Å². The summed E-state index contributed by atoms with van der Waals surface area (Å²) in [5.74, 6) is -0.737. The number of carbonyl (C=O) groups excluding carboxylic acids is 2. The second-order valence-corrected chi connectivity index (χ2v) is 8.22. The van der Waals surface area contributed by atoms with E-state index in [0.717, 1.165) is 11.3 Å². The minimum absolute atomic E-state index is 0.132. The lowest BCUT2D eigenvalue weighted by Crippen LogP contribution is -2.30. The molecule has 170 valence electrons. The molecule has 0 atom stereocenters. The van der Waals surface area contributed by atoms with Gasteiger partial charge in [0.05, 0.1) is 13.0 Å². The Morgan fingerprint density at radius 3 is 2.18 bits per heavy atom. The Bertz CT molecular complexity index is 1280. The van der Waals surface area contributed by atoms with Gasteiger partial charge < -0.3 is 10.2 Å². The first-order valence-electron chi connectivity index (χ1n) is 10.7. The fraction of sp³-hybridized carbons (Fsp3) is 0.0714. The minimum Gasteiger partial charge on any atom is -0.326 e. The van der Waals surface area contributed by atoms with Gasteiger partial charge in [-0.3, -0.25) is 9.59 Å². The SMILES string of the molecule is O=C(Cc1ccc(N(Cc2cccc(F)c2)C(=O)c2ccc(Cl)cc2)cc1)Nc1ccccc1. The summed E-state index contributed by atoms with van der Waals surface area (Å²) >= 11 is 5.97. The first-order valence-corrected chi connectivity index (χ1v) is 11.1. The van der Waals surface area contributed by atoms with Gasteiger partial charge in [-0.05, 0) is 71.8 Å². The Kier molecular flexibility index (Phi) is 7.35. The Balaban J connectivity index is 1.54. The summed E-state index contributed by atoms with van der Waals surface area (Å²) in [7, 11) is 0. The summed E-state index contributed by atoms with van der Waals surface area (Å²) in [6.07, 6.45) is 0.199. The average Bonchev–Trinajstić information content (AvgIpc) is 2.84. The van der Waals surface area contributed by atoms with Crippen LogP contribution in [0.5, 0.6) is 0 Å². The minimum atomic E-state index is -0.365. The Morgan fingerprint density at radius 2 is 1.50 bits per heavy atom. The molecular weight excluding hydrogens is 451 g/mol. The van der Waals surface area contributed by atoms with Crippen LogP contribution in [0.3, 0.4) is 0 Å². The van der Waals surface area contributed by atoms with Crippen LogP contribution in [0.2, 0.25) is 5.02 Å². The highest BCUT2D eigenvalue weighted by Gasteiger charge is 2.19. The third-order valence-electron chi connectivity index (χ3n) is 5.24. The summed E-state index contributed by atoms with van der Waals surface area (Å²) in [6.45, 7) is 0.188. The molecule has 0 radical (unpaired) electrons. The predicted octanol–water partition coefficient (Wildman–Crippen LogP) is 6.51. The van der Waals surface area contributed by atoms with Crippen molar-refractivity contribution in [1.29, 1.82) is 0 Å². The van der Waals surface area contributed by atoms with Crippen molar-refractivity contribution in [1.82, 2.24) is 0 Å². The molecule has 4 aromatic carbocycles. The molecule has 0 aliphatic heterocycles. The summed E-state index contributed by atoms with van der Waals surface area (Å²) in [5.41, 5.74) is 3.30. The van der Waals surface area contributed by atoms with Crippen LogP contribution in [0, 0.1) is 5.82 Å². The fourth-order valence-corrected chi connectivity index (χ4v) is 3.68. The molecule has 2 amide bonds. The average molecular weight is 473 g/mol. The van der Waals surface area contributed by atoms with Gasteiger partial charge in [-0.25, -0.2) is 4.39 Å². The molecule has 0 saturated carbocycles. The van der Waals surface area contributed by atoms with Gasteiger partial charge in [0.1, 0.15) is 5.82 Å². The van der Waals surface area contributed by atoms with Gasteiger partial charge in [-0.15, -0.1) is 0 Å². The molecular formula is C28H22ClFN2O2. The highest BCUT2D eigenvalue weighted by molar-refractivity contribution is 6.30. The smallest absolute Gasteiger partial charge is 0.258 e. The highest BCUT2D eigenvalue weighted by Crippen LogP contribution is 2.23. The largest absolute Gasteiger partial charge is 0.326 e. The van der Waals surface area contributed by atoms with Crippen LogP contribution in [0.1, 0.15) is 21.5 Å². The van der Waals surface area contributed by atoms with Crippen LogP contribution >= 0.6 is 11.6 Å². The van der Waals surface area contributed by atoms with E-state index in [1.54, 1.807) is 53.4 Å². The summed E-state index contributed by atoms with van der Waals surface area (Å²) in [6, 6.07) is 29.2. The summed E-state index contributed by atoms with van der Waals surface area (Å²) in [4.78, 5) is 27.3. The van der Waals surface area contributed by atoms with Gasteiger partial charge in [-0.2, -0.15) is 0 Å². The number of amides is 2. The molecule has 0 aromatic heterocycles. The number of para-hydroxylation sites is 1. The van der Waals surface area contributed by atoms with Gasteiger partial charge in [-0.1, -0.05) is 54.1 Å². The van der Waals surface area contributed by atoms with Crippen LogP contribution in [-0.2, 0) is 17.8 Å². The molecule has 0 spiro atoms. The van der Waals surface area contributed by atoms with Crippen LogP contribution < -0.4 is 10.2 Å². The molecule has 6 heteroatoms. The topological polar surface area (TPSA) is 49.4 Å². The van der Waals surface area contributed by atoms with Crippen LogP contribution in [0.25, 0.3) is 0 Å². The van der Waals surface area contributed by atoms with Crippen LogP contribution in [0.4, 0.5) is 15.8 Å². The standard InChI is InChI=1S/C28H22ClFN2O2/c29-23-13-11-22(12-14-23)28(34)32(19-21-5-4-6-24(30)17-21)26-15-9-20(10-16-26)18-27(33)31-25-7-2-1-3-8-25/h1-17H,18-19H2,(H,31,33). The van der Waals surface area contributed by atoms with Gasteiger partial charge in [0, 0.05) is 22.0 Å². The van der Waals surface area contributed by atoms with Crippen molar-refractivity contribution in [3.8, 4) is 0 Å². The quantitative estimate of drug-likeness (QED) is 0.333. The van der Waals surface area contributed by atoms with E-state index in [-0.39, 0.29) is 30.6 Å². The number of hydrogen-bond donors (Lipinski definition) is 1. The maximum Gasteiger partial charge on any atom is 0.258 e. The molecule has 34 heavy (non-hydrogen) atoms.